The second-order valence-corrected chi connectivity index (χ2v) is 5.78. The highest BCUT2D eigenvalue weighted by molar-refractivity contribution is 6.30. The average Bonchev–Trinajstić information content (AvgIpc) is 2.59. The van der Waals surface area contributed by atoms with E-state index >= 15 is 0 Å². The van der Waals surface area contributed by atoms with Gasteiger partial charge in [-0.25, -0.2) is 0 Å². The molecule has 0 bridgehead atoms. The highest BCUT2D eigenvalue weighted by atomic mass is 35.5. The summed E-state index contributed by atoms with van der Waals surface area (Å²) in [5, 5.41) is 0.797. The van der Waals surface area contributed by atoms with Crippen molar-refractivity contribution < 1.29 is 0 Å². The lowest BCUT2D eigenvalue weighted by molar-refractivity contribution is 0.221. The van der Waals surface area contributed by atoms with Crippen LogP contribution in [0, 0.1) is 5.92 Å². The van der Waals surface area contributed by atoms with E-state index in [0.717, 1.165) is 24.5 Å². The summed E-state index contributed by atoms with van der Waals surface area (Å²) in [4.78, 5) is 2.49. The van der Waals surface area contributed by atoms with Crippen LogP contribution in [0.1, 0.15) is 31.9 Å². The van der Waals surface area contributed by atoms with Crippen LogP contribution < -0.4 is 5.73 Å². The molecular formula is C14H21ClN2. The van der Waals surface area contributed by atoms with Crippen molar-refractivity contribution in [1.29, 1.82) is 0 Å². The maximum Gasteiger partial charge on any atom is 0.0500 e. The molecule has 1 fully saturated rings. The first-order valence-electron chi connectivity index (χ1n) is 6.33. The molecule has 2 N–H and O–H groups in total. The van der Waals surface area contributed by atoms with E-state index in [0.29, 0.717) is 12.0 Å². The predicted molar refractivity (Wildman–Crippen MR) is 73.2 cm³/mol. The lowest BCUT2D eigenvalue weighted by Gasteiger charge is -2.28. The summed E-state index contributed by atoms with van der Waals surface area (Å²) in [6, 6.07) is 8.66. The Kier molecular flexibility index (Phi) is 4.08. The molecule has 3 heteroatoms. The molecule has 0 aliphatic carbocycles. The van der Waals surface area contributed by atoms with Gasteiger partial charge in [-0.3, -0.25) is 4.90 Å². The summed E-state index contributed by atoms with van der Waals surface area (Å²) in [5.74, 6) is 0.669. The summed E-state index contributed by atoms with van der Waals surface area (Å²) in [7, 11) is 0. The maximum absolute atomic E-state index is 6.24. The van der Waals surface area contributed by atoms with Crippen LogP contribution in [0.2, 0.25) is 5.02 Å². The third-order valence-electron chi connectivity index (χ3n) is 3.34. The fourth-order valence-corrected chi connectivity index (χ4v) is 2.90. The van der Waals surface area contributed by atoms with E-state index in [9.17, 15) is 0 Å². The molecule has 1 aromatic rings. The van der Waals surface area contributed by atoms with E-state index in [1.807, 2.05) is 18.2 Å². The van der Waals surface area contributed by atoms with Crippen LogP contribution in [-0.2, 0) is 0 Å². The number of nitrogens with zero attached hydrogens (tertiary/aromatic N) is 1. The average molecular weight is 253 g/mol. The molecule has 2 atom stereocenters. The number of likely N-dealkylation sites (tertiary alicyclic amines) is 1. The number of hydrogen-bond donors (Lipinski definition) is 1. The Morgan fingerprint density at radius 1 is 1.47 bits per heavy atom. The highest BCUT2D eigenvalue weighted by Crippen LogP contribution is 2.32. The summed E-state index contributed by atoms with van der Waals surface area (Å²) in [6.45, 7) is 6.69. The van der Waals surface area contributed by atoms with Crippen molar-refractivity contribution in [2.24, 2.45) is 11.7 Å². The minimum atomic E-state index is 0.229. The van der Waals surface area contributed by atoms with Crippen molar-refractivity contribution in [3.05, 3.63) is 34.9 Å². The van der Waals surface area contributed by atoms with Gasteiger partial charge in [-0.1, -0.05) is 37.6 Å². The van der Waals surface area contributed by atoms with Gasteiger partial charge in [-0.2, -0.15) is 0 Å². The van der Waals surface area contributed by atoms with Gasteiger partial charge in [0, 0.05) is 30.2 Å². The lowest BCUT2D eigenvalue weighted by atomic mass is 10.0. The largest absolute Gasteiger partial charge is 0.326 e. The first-order valence-corrected chi connectivity index (χ1v) is 6.71. The van der Waals surface area contributed by atoms with E-state index < -0.39 is 0 Å². The molecule has 2 rings (SSSR count). The topological polar surface area (TPSA) is 29.3 Å². The summed E-state index contributed by atoms with van der Waals surface area (Å²) in [5.41, 5.74) is 7.50. The van der Waals surface area contributed by atoms with Crippen molar-refractivity contribution in [2.75, 3.05) is 13.1 Å². The molecule has 1 heterocycles. The van der Waals surface area contributed by atoms with Crippen LogP contribution in [-0.4, -0.2) is 24.0 Å². The van der Waals surface area contributed by atoms with Crippen molar-refractivity contribution >= 4 is 11.6 Å². The Morgan fingerprint density at radius 2 is 2.24 bits per heavy atom. The molecule has 0 saturated carbocycles. The minimum absolute atomic E-state index is 0.229. The van der Waals surface area contributed by atoms with Crippen molar-refractivity contribution in [3.63, 3.8) is 0 Å². The van der Waals surface area contributed by atoms with Gasteiger partial charge in [-0.05, 0) is 30.0 Å². The standard InChI is InChI=1S/C14H21ClN2/c1-10(2)9-17-7-6-13(16)14(17)11-4-3-5-12(15)8-11/h3-5,8,10,13-14H,6-7,9,16H2,1-2H3. The van der Waals surface area contributed by atoms with Crippen LogP contribution in [0.5, 0.6) is 0 Å². The van der Waals surface area contributed by atoms with E-state index in [1.165, 1.54) is 5.56 Å². The van der Waals surface area contributed by atoms with Gasteiger partial charge in [-0.15, -0.1) is 0 Å². The van der Waals surface area contributed by atoms with Crippen LogP contribution in [0.25, 0.3) is 0 Å². The monoisotopic (exact) mass is 252 g/mol. The smallest absolute Gasteiger partial charge is 0.0500 e. The Morgan fingerprint density at radius 3 is 2.88 bits per heavy atom. The van der Waals surface area contributed by atoms with Gasteiger partial charge >= 0.3 is 0 Å². The summed E-state index contributed by atoms with van der Waals surface area (Å²) < 4.78 is 0. The van der Waals surface area contributed by atoms with Gasteiger partial charge in [0.2, 0.25) is 0 Å². The zero-order chi connectivity index (χ0) is 12.4. The number of benzene rings is 1. The SMILES string of the molecule is CC(C)CN1CCC(N)C1c1cccc(Cl)c1. The number of halogens is 1. The molecule has 17 heavy (non-hydrogen) atoms. The van der Waals surface area contributed by atoms with Crippen molar-refractivity contribution in [3.8, 4) is 0 Å². The van der Waals surface area contributed by atoms with Crippen molar-refractivity contribution in [1.82, 2.24) is 4.90 Å². The Hall–Kier alpha value is -0.570. The van der Waals surface area contributed by atoms with Crippen LogP contribution in [0.15, 0.2) is 24.3 Å². The first-order chi connectivity index (χ1) is 8.08. The fraction of sp³-hybridized carbons (Fsp3) is 0.571. The molecule has 1 aliphatic heterocycles. The van der Waals surface area contributed by atoms with E-state index in [2.05, 4.69) is 24.8 Å². The first kappa shape index (κ1) is 12.9. The van der Waals surface area contributed by atoms with Crippen LogP contribution in [0.3, 0.4) is 0 Å². The van der Waals surface area contributed by atoms with E-state index in [1.54, 1.807) is 0 Å². The second kappa shape index (κ2) is 5.38. The zero-order valence-electron chi connectivity index (χ0n) is 10.6. The third kappa shape index (κ3) is 3.01. The summed E-state index contributed by atoms with van der Waals surface area (Å²) >= 11 is 6.07. The van der Waals surface area contributed by atoms with Gasteiger partial charge in [0.25, 0.3) is 0 Å². The zero-order valence-corrected chi connectivity index (χ0v) is 11.3. The van der Waals surface area contributed by atoms with Gasteiger partial charge in [0.1, 0.15) is 0 Å². The molecule has 2 unspecified atom stereocenters. The molecule has 0 spiro atoms. The quantitative estimate of drug-likeness (QED) is 0.896. The van der Waals surface area contributed by atoms with Crippen LogP contribution >= 0.6 is 11.6 Å². The molecule has 0 amide bonds. The predicted octanol–water partition coefficient (Wildman–Crippen LogP) is 3.07. The Bertz CT molecular complexity index is 378. The van der Waals surface area contributed by atoms with Crippen molar-refractivity contribution in [2.45, 2.75) is 32.4 Å². The van der Waals surface area contributed by atoms with Gasteiger partial charge in [0.15, 0.2) is 0 Å². The normalized spacial score (nSPS) is 25.7. The Labute approximate surface area is 109 Å². The molecule has 1 saturated heterocycles. The van der Waals surface area contributed by atoms with Gasteiger partial charge in [0.05, 0.1) is 0 Å². The molecule has 0 aromatic heterocycles. The maximum atomic E-state index is 6.24. The van der Waals surface area contributed by atoms with Gasteiger partial charge < -0.3 is 5.73 Å². The van der Waals surface area contributed by atoms with E-state index in [4.69, 9.17) is 17.3 Å². The number of hydrogen-bond acceptors (Lipinski definition) is 2. The molecule has 1 aliphatic rings. The fourth-order valence-electron chi connectivity index (χ4n) is 2.71. The summed E-state index contributed by atoms with van der Waals surface area (Å²) in [6.07, 6.45) is 1.07. The Balaban J connectivity index is 2.21. The molecular weight excluding hydrogens is 232 g/mol. The number of nitrogens with two attached hydrogens (primary N) is 1. The molecule has 1 aromatic carbocycles. The minimum Gasteiger partial charge on any atom is -0.326 e. The highest BCUT2D eigenvalue weighted by Gasteiger charge is 2.32. The molecule has 2 nitrogen and oxygen atoms in total. The molecule has 0 radical (unpaired) electrons. The van der Waals surface area contributed by atoms with Crippen LogP contribution in [0.4, 0.5) is 0 Å². The number of rotatable bonds is 3. The third-order valence-corrected chi connectivity index (χ3v) is 3.57. The molecule has 94 valence electrons. The second-order valence-electron chi connectivity index (χ2n) is 5.34. The lowest BCUT2D eigenvalue weighted by Crippen LogP contribution is -2.33. The van der Waals surface area contributed by atoms with E-state index in [-0.39, 0.29) is 6.04 Å².